The highest BCUT2D eigenvalue weighted by Gasteiger charge is 2.45. The Hall–Kier alpha value is -1.55. The van der Waals surface area contributed by atoms with Gasteiger partial charge in [0.2, 0.25) is 0 Å². The minimum absolute atomic E-state index is 0.364. The Kier molecular flexibility index (Phi) is 3.42. The molecule has 0 unspecified atom stereocenters. The van der Waals surface area contributed by atoms with Gasteiger partial charge in [-0.2, -0.15) is 0 Å². The molecule has 1 aromatic rings. The zero-order valence-corrected chi connectivity index (χ0v) is 12.0. The number of piperidine rings is 1. The van der Waals surface area contributed by atoms with E-state index in [-0.39, 0.29) is 0 Å². The number of carboxylic acids is 1. The summed E-state index contributed by atoms with van der Waals surface area (Å²) in [7, 11) is 0. The van der Waals surface area contributed by atoms with Gasteiger partial charge in [-0.1, -0.05) is 0 Å². The van der Waals surface area contributed by atoms with Gasteiger partial charge in [0.05, 0.1) is 11.7 Å². The number of benzene rings is 1. The number of anilines is 1. The highest BCUT2D eigenvalue weighted by atomic mass is 16.5. The smallest absolute Gasteiger partial charge is 0.335 e. The van der Waals surface area contributed by atoms with Gasteiger partial charge >= 0.3 is 5.97 Å². The van der Waals surface area contributed by atoms with Crippen LogP contribution in [0.15, 0.2) is 18.2 Å². The molecule has 3 rings (SSSR count). The lowest BCUT2D eigenvalue weighted by Crippen LogP contribution is -2.39. The summed E-state index contributed by atoms with van der Waals surface area (Å²) < 4.78 is 5.80. The van der Waals surface area contributed by atoms with E-state index in [1.54, 1.807) is 12.1 Å². The topological polar surface area (TPSA) is 49.8 Å². The zero-order chi connectivity index (χ0) is 14.3. The molecule has 2 fully saturated rings. The number of rotatable bonds is 4. The molecule has 4 nitrogen and oxygen atoms in total. The molecule has 1 aliphatic heterocycles. The minimum atomic E-state index is -0.862. The van der Waals surface area contributed by atoms with Crippen molar-refractivity contribution in [1.82, 2.24) is 0 Å². The number of hydrogen-bond donors (Lipinski definition) is 1. The highest BCUT2D eigenvalue weighted by Crippen LogP contribution is 2.42. The SMILES string of the molecule is CCO[C@@H]1C[C@@H]2C[C@H]1CN2c1ccc(C(=O)O)cc1C. The van der Waals surface area contributed by atoms with Crippen molar-refractivity contribution in [2.24, 2.45) is 5.92 Å². The van der Waals surface area contributed by atoms with E-state index in [0.29, 0.717) is 23.6 Å². The van der Waals surface area contributed by atoms with Gasteiger partial charge in [0.1, 0.15) is 0 Å². The Morgan fingerprint density at radius 2 is 2.25 bits per heavy atom. The Bertz CT molecular complexity index is 528. The fourth-order valence-corrected chi connectivity index (χ4v) is 3.73. The molecule has 1 N–H and O–H groups in total. The van der Waals surface area contributed by atoms with Crippen molar-refractivity contribution < 1.29 is 14.6 Å². The van der Waals surface area contributed by atoms with Crippen molar-refractivity contribution in [3.8, 4) is 0 Å². The number of aromatic carboxylic acids is 1. The van der Waals surface area contributed by atoms with Gasteiger partial charge < -0.3 is 14.7 Å². The van der Waals surface area contributed by atoms with Gasteiger partial charge in [-0.15, -0.1) is 0 Å². The van der Waals surface area contributed by atoms with Gasteiger partial charge in [0.15, 0.2) is 0 Å². The molecule has 1 saturated heterocycles. The molecule has 2 bridgehead atoms. The maximum atomic E-state index is 11.0. The molecule has 1 aliphatic carbocycles. The van der Waals surface area contributed by atoms with Crippen molar-refractivity contribution in [3.05, 3.63) is 29.3 Å². The third-order valence-corrected chi connectivity index (χ3v) is 4.61. The molecule has 1 saturated carbocycles. The molecule has 2 aliphatic rings. The van der Waals surface area contributed by atoms with Crippen LogP contribution in [0.25, 0.3) is 0 Å². The Morgan fingerprint density at radius 1 is 1.45 bits per heavy atom. The van der Waals surface area contributed by atoms with Crippen LogP contribution in [0.3, 0.4) is 0 Å². The molecule has 20 heavy (non-hydrogen) atoms. The number of nitrogens with zero attached hydrogens (tertiary/aromatic N) is 1. The number of aryl methyl sites for hydroxylation is 1. The van der Waals surface area contributed by atoms with Crippen molar-refractivity contribution in [3.63, 3.8) is 0 Å². The van der Waals surface area contributed by atoms with E-state index in [2.05, 4.69) is 11.8 Å². The average molecular weight is 275 g/mol. The summed E-state index contributed by atoms with van der Waals surface area (Å²) in [6.07, 6.45) is 2.71. The number of ether oxygens (including phenoxy) is 1. The second-order valence-electron chi connectivity index (χ2n) is 5.84. The summed E-state index contributed by atoms with van der Waals surface area (Å²) in [5.41, 5.74) is 2.59. The number of carboxylic acid groups (broad SMARTS) is 1. The van der Waals surface area contributed by atoms with Crippen molar-refractivity contribution in [2.45, 2.75) is 38.8 Å². The van der Waals surface area contributed by atoms with Crippen LogP contribution >= 0.6 is 0 Å². The third kappa shape index (κ3) is 2.18. The summed E-state index contributed by atoms with van der Waals surface area (Å²) in [6, 6.07) is 5.97. The van der Waals surface area contributed by atoms with E-state index in [1.807, 2.05) is 13.0 Å². The largest absolute Gasteiger partial charge is 0.478 e. The molecule has 3 atom stereocenters. The summed E-state index contributed by atoms with van der Waals surface area (Å²) in [5, 5.41) is 9.03. The highest BCUT2D eigenvalue weighted by molar-refractivity contribution is 5.88. The third-order valence-electron chi connectivity index (χ3n) is 4.61. The van der Waals surface area contributed by atoms with Gasteiger partial charge in [-0.05, 0) is 50.5 Å². The maximum Gasteiger partial charge on any atom is 0.335 e. The maximum absolute atomic E-state index is 11.0. The Morgan fingerprint density at radius 3 is 2.80 bits per heavy atom. The normalized spacial score (nSPS) is 28.1. The van der Waals surface area contributed by atoms with Crippen LogP contribution in [0.1, 0.15) is 35.7 Å². The first-order valence-electron chi connectivity index (χ1n) is 7.32. The standard InChI is InChI=1S/C16H21NO3/c1-3-20-15-8-13-7-12(15)9-17(13)14-5-4-11(16(18)19)6-10(14)2/h4-6,12-13,15H,3,7-9H2,1-2H3,(H,18,19)/t12-,13-,15+/m0/s1. The van der Waals surface area contributed by atoms with Crippen molar-refractivity contribution in [1.29, 1.82) is 0 Å². The van der Waals surface area contributed by atoms with Gasteiger partial charge in [0.25, 0.3) is 0 Å². The molecule has 0 spiro atoms. The minimum Gasteiger partial charge on any atom is -0.478 e. The number of fused-ring (bicyclic) bond motifs is 2. The number of carbonyl (C=O) groups is 1. The molecule has 108 valence electrons. The molecule has 1 aromatic carbocycles. The van der Waals surface area contributed by atoms with Crippen LogP contribution in [-0.4, -0.2) is 36.4 Å². The molecule has 4 heteroatoms. The monoisotopic (exact) mass is 275 g/mol. The van der Waals surface area contributed by atoms with E-state index in [0.717, 1.165) is 25.1 Å². The van der Waals surface area contributed by atoms with Crippen LogP contribution < -0.4 is 4.90 Å². The van der Waals surface area contributed by atoms with Gasteiger partial charge in [-0.3, -0.25) is 0 Å². The molecule has 1 heterocycles. The quantitative estimate of drug-likeness (QED) is 0.918. The first kappa shape index (κ1) is 13.4. The summed E-state index contributed by atoms with van der Waals surface area (Å²) in [4.78, 5) is 13.4. The first-order valence-corrected chi connectivity index (χ1v) is 7.32. The van der Waals surface area contributed by atoms with E-state index in [9.17, 15) is 4.79 Å². The lowest BCUT2D eigenvalue weighted by molar-refractivity contribution is 0.0327. The predicted molar refractivity (Wildman–Crippen MR) is 77.4 cm³/mol. The van der Waals surface area contributed by atoms with Crippen molar-refractivity contribution in [2.75, 3.05) is 18.1 Å². The summed E-state index contributed by atoms with van der Waals surface area (Å²) >= 11 is 0. The summed E-state index contributed by atoms with van der Waals surface area (Å²) in [5.74, 6) is -0.238. The van der Waals surface area contributed by atoms with E-state index in [1.165, 1.54) is 12.1 Å². The lowest BCUT2D eigenvalue weighted by Gasteiger charge is -2.34. The Labute approximate surface area is 119 Å². The second kappa shape index (κ2) is 5.09. The average Bonchev–Trinajstić information content (AvgIpc) is 2.98. The fraction of sp³-hybridized carbons (Fsp3) is 0.562. The summed E-state index contributed by atoms with van der Waals surface area (Å²) in [6.45, 7) is 5.87. The Balaban J connectivity index is 1.78. The molecule has 0 radical (unpaired) electrons. The molecule has 0 aromatic heterocycles. The van der Waals surface area contributed by atoms with Crippen LogP contribution in [0, 0.1) is 12.8 Å². The van der Waals surface area contributed by atoms with Crippen LogP contribution in [0.5, 0.6) is 0 Å². The lowest BCUT2D eigenvalue weighted by atomic mass is 10.0. The predicted octanol–water partition coefficient (Wildman–Crippen LogP) is 2.70. The van der Waals surface area contributed by atoms with E-state index in [4.69, 9.17) is 9.84 Å². The first-order chi connectivity index (χ1) is 9.60. The molecular formula is C16H21NO3. The van der Waals surface area contributed by atoms with Crippen LogP contribution in [-0.2, 0) is 4.74 Å². The fourth-order valence-electron chi connectivity index (χ4n) is 3.73. The van der Waals surface area contributed by atoms with Crippen LogP contribution in [0.2, 0.25) is 0 Å². The molecular weight excluding hydrogens is 254 g/mol. The van der Waals surface area contributed by atoms with Gasteiger partial charge in [0, 0.05) is 30.8 Å². The van der Waals surface area contributed by atoms with Crippen molar-refractivity contribution >= 4 is 11.7 Å². The van der Waals surface area contributed by atoms with Gasteiger partial charge in [-0.25, -0.2) is 4.79 Å². The molecule has 0 amide bonds. The van der Waals surface area contributed by atoms with E-state index >= 15 is 0 Å². The zero-order valence-electron chi connectivity index (χ0n) is 12.0. The van der Waals surface area contributed by atoms with E-state index < -0.39 is 5.97 Å². The van der Waals surface area contributed by atoms with Crippen LogP contribution in [0.4, 0.5) is 5.69 Å². The number of hydrogen-bond acceptors (Lipinski definition) is 3. The second-order valence-corrected chi connectivity index (χ2v) is 5.84.